The Hall–Kier alpha value is -3.20. The lowest BCUT2D eigenvalue weighted by atomic mass is 9.87. The van der Waals surface area contributed by atoms with E-state index in [1.807, 2.05) is 90.3 Å². The lowest BCUT2D eigenvalue weighted by Gasteiger charge is -2.21. The van der Waals surface area contributed by atoms with Gasteiger partial charge in [-0.2, -0.15) is 0 Å². The van der Waals surface area contributed by atoms with Crippen molar-refractivity contribution in [1.29, 1.82) is 0 Å². The van der Waals surface area contributed by atoms with Gasteiger partial charge in [0.15, 0.2) is 4.90 Å². The topological polar surface area (TPSA) is 92.2 Å². The smallest absolute Gasteiger partial charge is 0.259 e. The van der Waals surface area contributed by atoms with Crippen molar-refractivity contribution in [3.63, 3.8) is 0 Å². The maximum Gasteiger partial charge on any atom is 0.259 e. The number of hydrogen-bond acceptors (Lipinski definition) is 6. The second kappa shape index (κ2) is 12.1. The van der Waals surface area contributed by atoms with Crippen LogP contribution in [0.25, 0.3) is 0 Å². The first-order valence-corrected chi connectivity index (χ1v) is 14.8. The SMILES string of the molecule is CC(C)(C)Oc1ccc([S+](c2ccccn2)c2ccccn2)cc1.CC(C)(C)c1ccc(S(=O)(=O)[O-])cc1. The van der Waals surface area contributed by atoms with E-state index in [2.05, 4.69) is 34.2 Å². The molecule has 200 valence electrons. The lowest BCUT2D eigenvalue weighted by Crippen LogP contribution is -2.22. The van der Waals surface area contributed by atoms with E-state index in [9.17, 15) is 13.0 Å². The summed E-state index contributed by atoms with van der Waals surface area (Å²) in [7, 11) is -4.64. The highest BCUT2D eigenvalue weighted by Crippen LogP contribution is 2.30. The molecule has 0 amide bonds. The zero-order valence-corrected chi connectivity index (χ0v) is 24.2. The molecule has 0 fully saturated rings. The minimum atomic E-state index is -4.32. The molecular weight excluding hydrogens is 516 g/mol. The van der Waals surface area contributed by atoms with Gasteiger partial charge in [-0.1, -0.05) is 45.0 Å². The van der Waals surface area contributed by atoms with E-state index in [0.717, 1.165) is 21.4 Å². The van der Waals surface area contributed by atoms with Crippen LogP contribution in [0.4, 0.5) is 0 Å². The van der Waals surface area contributed by atoms with E-state index < -0.39 is 10.1 Å². The maximum atomic E-state index is 10.6. The van der Waals surface area contributed by atoms with Gasteiger partial charge in [-0.25, -0.2) is 18.4 Å². The second-order valence-electron chi connectivity index (χ2n) is 10.6. The van der Waals surface area contributed by atoms with Gasteiger partial charge in [0.1, 0.15) is 32.4 Å². The van der Waals surface area contributed by atoms with Crippen molar-refractivity contribution in [3.8, 4) is 5.75 Å². The summed E-state index contributed by atoms with van der Waals surface area (Å²) in [4.78, 5) is 10.1. The average Bonchev–Trinajstić information content (AvgIpc) is 2.85. The van der Waals surface area contributed by atoms with Crippen LogP contribution in [0.15, 0.2) is 117 Å². The number of nitrogens with zero attached hydrogens (tertiary/aromatic N) is 2. The zero-order valence-electron chi connectivity index (χ0n) is 22.6. The third-order valence-corrected chi connectivity index (χ3v) is 8.10. The molecule has 0 atom stereocenters. The number of pyridine rings is 2. The van der Waals surface area contributed by atoms with Crippen LogP contribution < -0.4 is 4.74 Å². The van der Waals surface area contributed by atoms with Crippen LogP contribution in [-0.4, -0.2) is 28.5 Å². The van der Waals surface area contributed by atoms with Gasteiger partial charge in [0.2, 0.25) is 0 Å². The monoisotopic (exact) mass is 550 g/mol. The summed E-state index contributed by atoms with van der Waals surface area (Å²) in [5.74, 6) is 0.872. The van der Waals surface area contributed by atoms with Crippen LogP contribution in [0.5, 0.6) is 5.75 Å². The van der Waals surface area contributed by atoms with Crippen molar-refractivity contribution in [2.24, 2.45) is 0 Å². The van der Waals surface area contributed by atoms with Crippen LogP contribution in [-0.2, 0) is 26.4 Å². The van der Waals surface area contributed by atoms with Gasteiger partial charge in [-0.3, -0.25) is 0 Å². The number of benzene rings is 2. The van der Waals surface area contributed by atoms with Crippen LogP contribution in [0.3, 0.4) is 0 Å². The van der Waals surface area contributed by atoms with Crippen LogP contribution in [0.2, 0.25) is 0 Å². The normalized spacial score (nSPS) is 12.0. The number of aromatic nitrogens is 2. The minimum absolute atomic E-state index is 0.0365. The number of ether oxygens (including phenoxy) is 1. The predicted molar refractivity (Wildman–Crippen MR) is 151 cm³/mol. The van der Waals surface area contributed by atoms with Gasteiger partial charge >= 0.3 is 0 Å². The Kier molecular flexibility index (Phi) is 9.35. The zero-order chi connectivity index (χ0) is 28.0. The van der Waals surface area contributed by atoms with Crippen molar-refractivity contribution in [3.05, 3.63) is 103 Å². The number of rotatable bonds is 5. The average molecular weight is 551 g/mol. The Labute approximate surface area is 229 Å². The summed E-state index contributed by atoms with van der Waals surface area (Å²) in [6, 6.07) is 26.3. The van der Waals surface area contributed by atoms with Gasteiger partial charge in [0.25, 0.3) is 10.1 Å². The summed E-state index contributed by atoms with van der Waals surface area (Å²) >= 11 is 0. The number of hydrogen-bond donors (Lipinski definition) is 0. The molecule has 38 heavy (non-hydrogen) atoms. The summed E-state index contributed by atoms with van der Waals surface area (Å²) in [5, 5.41) is 2.03. The third-order valence-electron chi connectivity index (χ3n) is 5.19. The Morgan fingerprint density at radius 2 is 1.21 bits per heavy atom. The highest BCUT2D eigenvalue weighted by atomic mass is 32.2. The van der Waals surface area contributed by atoms with E-state index in [1.165, 1.54) is 17.0 Å². The van der Waals surface area contributed by atoms with Gasteiger partial charge in [0, 0.05) is 24.5 Å². The van der Waals surface area contributed by atoms with Crippen molar-refractivity contribution < 1.29 is 17.7 Å². The molecule has 4 aromatic rings. The molecule has 0 N–H and O–H groups in total. The van der Waals surface area contributed by atoms with Gasteiger partial charge < -0.3 is 9.29 Å². The second-order valence-corrected chi connectivity index (χ2v) is 13.9. The molecule has 4 rings (SSSR count). The fourth-order valence-electron chi connectivity index (χ4n) is 3.40. The summed E-state index contributed by atoms with van der Waals surface area (Å²) in [6.45, 7) is 12.2. The predicted octanol–water partition coefficient (Wildman–Crippen LogP) is 6.64. The lowest BCUT2D eigenvalue weighted by molar-refractivity contribution is 0.131. The molecule has 2 aromatic carbocycles. The van der Waals surface area contributed by atoms with Gasteiger partial charge in [0.05, 0.1) is 4.90 Å². The maximum absolute atomic E-state index is 10.6. The molecule has 6 nitrogen and oxygen atoms in total. The van der Waals surface area contributed by atoms with Gasteiger partial charge in [-0.15, -0.1) is 0 Å². The quantitative estimate of drug-likeness (QED) is 0.204. The molecule has 0 radical (unpaired) electrons. The molecule has 2 heterocycles. The Morgan fingerprint density at radius 3 is 1.58 bits per heavy atom. The summed E-state index contributed by atoms with van der Waals surface area (Å²) in [6.07, 6.45) is 3.66. The Morgan fingerprint density at radius 1 is 0.711 bits per heavy atom. The van der Waals surface area contributed by atoms with Crippen molar-refractivity contribution >= 4 is 21.0 Å². The molecule has 2 aromatic heterocycles. The van der Waals surface area contributed by atoms with Crippen molar-refractivity contribution in [1.82, 2.24) is 9.97 Å². The highest BCUT2D eigenvalue weighted by Gasteiger charge is 2.31. The van der Waals surface area contributed by atoms with Crippen molar-refractivity contribution in [2.75, 3.05) is 0 Å². The highest BCUT2D eigenvalue weighted by molar-refractivity contribution is 7.96. The Balaban J connectivity index is 0.000000244. The van der Waals surface area contributed by atoms with E-state index >= 15 is 0 Å². The first kappa shape index (κ1) is 29.4. The molecule has 0 spiro atoms. The van der Waals surface area contributed by atoms with Crippen LogP contribution in [0.1, 0.15) is 47.1 Å². The molecule has 0 saturated heterocycles. The van der Waals surface area contributed by atoms with Crippen LogP contribution >= 0.6 is 0 Å². The molecule has 0 aliphatic carbocycles. The van der Waals surface area contributed by atoms with E-state index in [-0.39, 0.29) is 26.8 Å². The summed E-state index contributed by atoms with van der Waals surface area (Å²) < 4.78 is 37.8. The third kappa shape index (κ3) is 8.68. The minimum Gasteiger partial charge on any atom is -0.744 e. The molecule has 0 aliphatic heterocycles. The summed E-state index contributed by atoms with van der Waals surface area (Å²) in [5.41, 5.74) is 0.765. The molecule has 0 aliphatic rings. The van der Waals surface area contributed by atoms with Crippen molar-refractivity contribution in [2.45, 2.75) is 72.4 Å². The first-order chi connectivity index (χ1) is 17.7. The Bertz CT molecular complexity index is 1360. The fraction of sp³-hybridized carbons (Fsp3) is 0.267. The van der Waals surface area contributed by atoms with E-state index in [4.69, 9.17) is 4.74 Å². The van der Waals surface area contributed by atoms with Crippen LogP contribution in [0, 0.1) is 0 Å². The molecule has 0 bridgehead atoms. The van der Waals surface area contributed by atoms with Gasteiger partial charge in [-0.05, 0) is 80.3 Å². The first-order valence-electron chi connectivity index (χ1n) is 12.2. The molecule has 0 unspecified atom stereocenters. The molecular formula is C30H34N2O4S2. The molecule has 8 heteroatoms. The van der Waals surface area contributed by atoms with E-state index in [1.54, 1.807) is 12.1 Å². The molecule has 0 saturated carbocycles. The standard InChI is InChI=1S/C20H21N2OS.C10H14O3S/c1-20(2,3)23-16-10-12-17(13-11-16)24(18-8-4-6-14-21-18)19-9-5-7-15-22-19;1-10(2,3)8-4-6-9(7-5-8)14(11,12)13/h4-15H,1-3H3;4-7H,1-3H3,(H,11,12,13)/q+1;/p-1. The van der Waals surface area contributed by atoms with E-state index in [0.29, 0.717) is 0 Å². The fourth-order valence-corrected chi connectivity index (χ4v) is 5.74. The largest absolute Gasteiger partial charge is 0.744 e.